The zero-order valence-electron chi connectivity index (χ0n) is 18.5. The van der Waals surface area contributed by atoms with Crippen LogP contribution in [0, 0.1) is 11.7 Å². The van der Waals surface area contributed by atoms with Gasteiger partial charge in [-0.1, -0.05) is 30.3 Å². The van der Waals surface area contributed by atoms with Crippen molar-refractivity contribution in [2.45, 2.75) is 17.7 Å². The Morgan fingerprint density at radius 2 is 1.74 bits per heavy atom. The average molecular weight is 483 g/mol. The van der Waals surface area contributed by atoms with Crippen molar-refractivity contribution in [2.75, 3.05) is 25.5 Å². The van der Waals surface area contributed by atoms with E-state index in [1.54, 1.807) is 6.07 Å². The SMILES string of the molecule is COc1cc2c(cc1NC(=O)C1CCN(S(=O)(=O)c3ccccc3F)CC1)oc1ccccc12. The molecule has 1 fully saturated rings. The first kappa shape index (κ1) is 22.4. The van der Waals surface area contributed by atoms with Crippen LogP contribution in [0.25, 0.3) is 21.9 Å². The second-order valence-corrected chi connectivity index (χ2v) is 10.2. The van der Waals surface area contributed by atoms with Crippen molar-refractivity contribution >= 4 is 43.6 Å². The van der Waals surface area contributed by atoms with Crippen LogP contribution in [0.2, 0.25) is 0 Å². The van der Waals surface area contributed by atoms with Crippen LogP contribution in [-0.2, 0) is 14.8 Å². The number of carbonyl (C=O) groups excluding carboxylic acids is 1. The number of furan rings is 1. The van der Waals surface area contributed by atoms with Crippen LogP contribution in [-0.4, -0.2) is 38.8 Å². The fourth-order valence-corrected chi connectivity index (χ4v) is 5.94. The van der Waals surface area contributed by atoms with E-state index in [-0.39, 0.29) is 29.8 Å². The number of fused-ring (bicyclic) bond motifs is 3. The summed E-state index contributed by atoms with van der Waals surface area (Å²) in [5.41, 5.74) is 1.86. The number of benzene rings is 3. The molecule has 7 nitrogen and oxygen atoms in total. The molecular weight excluding hydrogens is 459 g/mol. The number of rotatable bonds is 5. The predicted octanol–water partition coefficient (Wildman–Crippen LogP) is 4.77. The summed E-state index contributed by atoms with van der Waals surface area (Å²) < 4.78 is 52.3. The molecule has 0 atom stereocenters. The van der Waals surface area contributed by atoms with E-state index in [4.69, 9.17) is 9.15 Å². The summed E-state index contributed by atoms with van der Waals surface area (Å²) >= 11 is 0. The predicted molar refractivity (Wildman–Crippen MR) is 127 cm³/mol. The molecule has 1 aromatic heterocycles. The van der Waals surface area contributed by atoms with Crippen LogP contribution < -0.4 is 10.1 Å². The third kappa shape index (κ3) is 3.91. The van der Waals surface area contributed by atoms with Crippen molar-refractivity contribution < 1.29 is 26.8 Å². The first-order valence-corrected chi connectivity index (χ1v) is 12.4. The van der Waals surface area contributed by atoms with E-state index in [1.165, 1.54) is 29.6 Å². The van der Waals surface area contributed by atoms with E-state index in [1.807, 2.05) is 30.3 Å². The molecule has 0 aliphatic carbocycles. The molecule has 1 saturated heterocycles. The number of nitrogens with one attached hydrogen (secondary N) is 1. The van der Waals surface area contributed by atoms with Gasteiger partial charge < -0.3 is 14.5 Å². The van der Waals surface area contributed by atoms with Gasteiger partial charge in [0.05, 0.1) is 12.8 Å². The zero-order valence-corrected chi connectivity index (χ0v) is 19.3. The standard InChI is InChI=1S/C25H23FN2O5S/c1-32-23-14-18-17-6-2-4-8-21(17)33-22(18)15-20(23)27-25(29)16-10-12-28(13-11-16)34(30,31)24-9-5-3-7-19(24)26/h2-9,14-16H,10-13H2,1H3,(H,27,29). The lowest BCUT2D eigenvalue weighted by molar-refractivity contribution is -0.120. The molecule has 0 saturated carbocycles. The highest BCUT2D eigenvalue weighted by molar-refractivity contribution is 7.89. The highest BCUT2D eigenvalue weighted by Crippen LogP contribution is 2.37. The number of amides is 1. The Morgan fingerprint density at radius 1 is 1.03 bits per heavy atom. The first-order valence-electron chi connectivity index (χ1n) is 10.9. The minimum Gasteiger partial charge on any atom is -0.495 e. The second-order valence-electron chi connectivity index (χ2n) is 8.24. The van der Waals surface area contributed by atoms with E-state index in [0.29, 0.717) is 29.9 Å². The number of para-hydroxylation sites is 1. The topological polar surface area (TPSA) is 88.9 Å². The number of nitrogens with zero attached hydrogens (tertiary/aromatic N) is 1. The summed E-state index contributed by atoms with van der Waals surface area (Å²) in [6, 6.07) is 16.5. The lowest BCUT2D eigenvalue weighted by atomic mass is 9.97. The lowest BCUT2D eigenvalue weighted by Crippen LogP contribution is -2.41. The van der Waals surface area contributed by atoms with Crippen LogP contribution in [0.4, 0.5) is 10.1 Å². The minimum atomic E-state index is -3.95. The maximum Gasteiger partial charge on any atom is 0.245 e. The molecule has 1 aliphatic heterocycles. The second kappa shape index (κ2) is 8.73. The number of hydrogen-bond donors (Lipinski definition) is 1. The summed E-state index contributed by atoms with van der Waals surface area (Å²) in [6.45, 7) is 0.267. The van der Waals surface area contributed by atoms with Crippen molar-refractivity contribution in [3.63, 3.8) is 0 Å². The Kier molecular flexibility index (Phi) is 5.75. The van der Waals surface area contributed by atoms with Crippen molar-refractivity contribution in [2.24, 2.45) is 5.92 Å². The Balaban J connectivity index is 1.32. The maximum absolute atomic E-state index is 14.0. The quantitative estimate of drug-likeness (QED) is 0.443. The van der Waals surface area contributed by atoms with E-state index in [9.17, 15) is 17.6 Å². The number of hydrogen-bond acceptors (Lipinski definition) is 5. The van der Waals surface area contributed by atoms with Crippen molar-refractivity contribution in [1.82, 2.24) is 4.31 Å². The average Bonchev–Trinajstić information content (AvgIpc) is 3.21. The highest BCUT2D eigenvalue weighted by Gasteiger charge is 2.33. The van der Waals surface area contributed by atoms with Crippen molar-refractivity contribution in [3.8, 4) is 5.75 Å². The number of sulfonamides is 1. The molecule has 0 spiro atoms. The molecule has 34 heavy (non-hydrogen) atoms. The van der Waals surface area contributed by atoms with Gasteiger partial charge in [-0.05, 0) is 37.1 Å². The summed E-state index contributed by atoms with van der Waals surface area (Å²) in [4.78, 5) is 12.7. The molecule has 0 bridgehead atoms. The third-order valence-electron chi connectivity index (χ3n) is 6.24. The fraction of sp³-hybridized carbons (Fsp3) is 0.240. The number of methoxy groups -OCH3 is 1. The molecule has 1 N–H and O–H groups in total. The zero-order chi connectivity index (χ0) is 23.9. The van der Waals surface area contributed by atoms with Gasteiger partial charge in [-0.3, -0.25) is 4.79 Å². The molecule has 1 aliphatic rings. The number of ether oxygens (including phenoxy) is 1. The summed E-state index contributed by atoms with van der Waals surface area (Å²) in [5, 5.41) is 4.75. The molecule has 0 radical (unpaired) electrons. The van der Waals surface area contributed by atoms with E-state index < -0.39 is 15.8 Å². The summed E-state index contributed by atoms with van der Waals surface area (Å²) in [5.74, 6) is -0.887. The van der Waals surface area contributed by atoms with Crippen molar-refractivity contribution in [3.05, 3.63) is 66.5 Å². The van der Waals surface area contributed by atoms with Gasteiger partial charge in [0.25, 0.3) is 0 Å². The van der Waals surface area contributed by atoms with Gasteiger partial charge >= 0.3 is 0 Å². The fourth-order valence-electron chi connectivity index (χ4n) is 4.40. The normalized spacial score (nSPS) is 15.6. The minimum absolute atomic E-state index is 0.133. The van der Waals surface area contributed by atoms with E-state index >= 15 is 0 Å². The van der Waals surface area contributed by atoms with Crippen LogP contribution in [0.1, 0.15) is 12.8 Å². The molecule has 9 heteroatoms. The molecule has 176 valence electrons. The van der Waals surface area contributed by atoms with Crippen molar-refractivity contribution in [1.29, 1.82) is 0 Å². The Hall–Kier alpha value is -3.43. The van der Waals surface area contributed by atoms with Crippen LogP contribution in [0.15, 0.2) is 70.0 Å². The lowest BCUT2D eigenvalue weighted by Gasteiger charge is -2.30. The van der Waals surface area contributed by atoms with Gasteiger partial charge in [0.15, 0.2) is 0 Å². The summed E-state index contributed by atoms with van der Waals surface area (Å²) in [7, 11) is -2.42. The number of halogens is 1. The molecule has 0 unspecified atom stereocenters. The summed E-state index contributed by atoms with van der Waals surface area (Å²) in [6.07, 6.45) is 0.656. The largest absolute Gasteiger partial charge is 0.495 e. The maximum atomic E-state index is 14.0. The first-order chi connectivity index (χ1) is 16.4. The number of piperidine rings is 1. The number of anilines is 1. The molecule has 5 rings (SSSR count). The molecule has 1 amide bonds. The van der Waals surface area contributed by atoms with Gasteiger partial charge in [-0.2, -0.15) is 4.31 Å². The van der Waals surface area contributed by atoms with Gasteiger partial charge in [-0.25, -0.2) is 12.8 Å². The molecular formula is C25H23FN2O5S. The third-order valence-corrected chi connectivity index (χ3v) is 8.17. The van der Waals surface area contributed by atoms with Gasteiger partial charge in [0.1, 0.15) is 27.6 Å². The smallest absolute Gasteiger partial charge is 0.245 e. The van der Waals surface area contributed by atoms with Gasteiger partial charge in [0.2, 0.25) is 15.9 Å². The van der Waals surface area contributed by atoms with Crippen LogP contribution in [0.3, 0.4) is 0 Å². The van der Waals surface area contributed by atoms with Gasteiger partial charge in [-0.15, -0.1) is 0 Å². The van der Waals surface area contributed by atoms with Crippen LogP contribution in [0.5, 0.6) is 5.75 Å². The Morgan fingerprint density at radius 3 is 2.47 bits per heavy atom. The van der Waals surface area contributed by atoms with Crippen LogP contribution >= 0.6 is 0 Å². The Bertz CT molecular complexity index is 1490. The van der Waals surface area contributed by atoms with E-state index in [2.05, 4.69) is 5.32 Å². The molecule has 4 aromatic rings. The molecule has 3 aromatic carbocycles. The van der Waals surface area contributed by atoms with E-state index in [0.717, 1.165) is 22.4 Å². The highest BCUT2D eigenvalue weighted by atomic mass is 32.2. The monoisotopic (exact) mass is 482 g/mol. The van der Waals surface area contributed by atoms with Gasteiger partial charge in [0, 0.05) is 35.8 Å². The Labute approximate surface area is 196 Å². The number of carbonyl (C=O) groups is 1. The molecule has 2 heterocycles.